The molecule has 0 radical (unpaired) electrons. The molecule has 0 spiro atoms. The third-order valence-electron chi connectivity index (χ3n) is 5.50. The van der Waals surface area contributed by atoms with Gasteiger partial charge in [-0.15, -0.1) is 0 Å². The van der Waals surface area contributed by atoms with Crippen molar-refractivity contribution in [2.45, 2.75) is 13.3 Å². The van der Waals surface area contributed by atoms with Crippen molar-refractivity contribution >= 4 is 11.8 Å². The maximum Gasteiger partial charge on any atom is 0.292 e. The van der Waals surface area contributed by atoms with Crippen molar-refractivity contribution in [3.05, 3.63) is 71.6 Å². The topological polar surface area (TPSA) is 84.7 Å². The molecule has 0 saturated carbocycles. The summed E-state index contributed by atoms with van der Waals surface area (Å²) in [6, 6.07) is 17.5. The molecule has 0 bridgehead atoms. The molecule has 2 amide bonds. The molecule has 4 rings (SSSR count). The lowest BCUT2D eigenvalue weighted by molar-refractivity contribution is -0.124. The van der Waals surface area contributed by atoms with E-state index in [1.165, 1.54) is 0 Å². The summed E-state index contributed by atoms with van der Waals surface area (Å²) in [6.07, 6.45) is 0.521. The van der Waals surface area contributed by atoms with Crippen molar-refractivity contribution in [1.29, 1.82) is 0 Å². The first-order valence-electron chi connectivity index (χ1n) is 10.3. The van der Waals surface area contributed by atoms with Crippen molar-refractivity contribution < 1.29 is 18.8 Å². The van der Waals surface area contributed by atoms with Crippen LogP contribution in [0.5, 0.6) is 5.75 Å². The average Bonchev–Trinajstić information content (AvgIpc) is 3.15. The molecule has 0 unspecified atom stereocenters. The number of hydrogen-bond donors (Lipinski definition) is 1. The minimum absolute atomic E-state index is 0.0476. The van der Waals surface area contributed by atoms with Gasteiger partial charge < -0.3 is 19.5 Å². The fourth-order valence-electron chi connectivity index (χ4n) is 3.88. The summed E-state index contributed by atoms with van der Waals surface area (Å²) in [5, 5.41) is 6.74. The van der Waals surface area contributed by atoms with Gasteiger partial charge in [0.05, 0.1) is 18.7 Å². The molecule has 2 heterocycles. The number of rotatable bonds is 5. The van der Waals surface area contributed by atoms with Crippen molar-refractivity contribution in [1.82, 2.24) is 15.4 Å². The fraction of sp³-hybridized carbons (Fsp3) is 0.292. The molecule has 0 aliphatic carbocycles. The van der Waals surface area contributed by atoms with E-state index in [0.717, 1.165) is 22.4 Å². The van der Waals surface area contributed by atoms with Crippen LogP contribution >= 0.6 is 0 Å². The summed E-state index contributed by atoms with van der Waals surface area (Å²) in [4.78, 5) is 27.3. The fourth-order valence-corrected chi connectivity index (χ4v) is 3.88. The molecule has 7 nitrogen and oxygen atoms in total. The number of benzene rings is 2. The Hall–Kier alpha value is -3.61. The highest BCUT2D eigenvalue weighted by Gasteiger charge is 2.30. The van der Waals surface area contributed by atoms with Crippen LogP contribution in [-0.4, -0.2) is 48.6 Å². The van der Waals surface area contributed by atoms with Crippen LogP contribution in [0.3, 0.4) is 0 Å². The van der Waals surface area contributed by atoms with Gasteiger partial charge in [0, 0.05) is 25.7 Å². The van der Waals surface area contributed by atoms with Crippen LogP contribution in [0.4, 0.5) is 0 Å². The first kappa shape index (κ1) is 20.7. The zero-order chi connectivity index (χ0) is 21.8. The number of amides is 2. The van der Waals surface area contributed by atoms with E-state index in [4.69, 9.17) is 9.26 Å². The highest BCUT2D eigenvalue weighted by molar-refractivity contribution is 5.92. The molecule has 1 fully saturated rings. The van der Waals surface area contributed by atoms with Crippen LogP contribution in [0.2, 0.25) is 0 Å². The van der Waals surface area contributed by atoms with Crippen LogP contribution in [0.15, 0.2) is 59.1 Å². The number of aryl methyl sites for hydroxylation is 1. The van der Waals surface area contributed by atoms with Gasteiger partial charge in [0.25, 0.3) is 5.91 Å². The van der Waals surface area contributed by atoms with Gasteiger partial charge in [-0.2, -0.15) is 0 Å². The van der Waals surface area contributed by atoms with Crippen LogP contribution in [0, 0.1) is 12.8 Å². The van der Waals surface area contributed by atoms with Gasteiger partial charge in [0.2, 0.25) is 11.7 Å². The van der Waals surface area contributed by atoms with Crippen LogP contribution < -0.4 is 10.1 Å². The Morgan fingerprint density at radius 3 is 2.71 bits per heavy atom. The lowest BCUT2D eigenvalue weighted by Crippen LogP contribution is -2.37. The molecule has 1 aromatic heterocycles. The number of carbonyl (C=O) groups excluding carboxylic acids is 2. The lowest BCUT2D eigenvalue weighted by atomic mass is 9.91. The van der Waals surface area contributed by atoms with Crippen molar-refractivity contribution in [2.75, 3.05) is 26.7 Å². The Morgan fingerprint density at radius 2 is 2.00 bits per heavy atom. The van der Waals surface area contributed by atoms with Gasteiger partial charge in [0.1, 0.15) is 5.75 Å². The number of ether oxygens (including phenoxy) is 1. The van der Waals surface area contributed by atoms with E-state index >= 15 is 0 Å². The molecule has 1 saturated heterocycles. The molecule has 31 heavy (non-hydrogen) atoms. The largest absolute Gasteiger partial charge is 0.497 e. The Kier molecular flexibility index (Phi) is 6.02. The number of hydrogen-bond acceptors (Lipinski definition) is 5. The zero-order valence-corrected chi connectivity index (χ0v) is 17.6. The van der Waals surface area contributed by atoms with Gasteiger partial charge in [-0.25, -0.2) is 0 Å². The zero-order valence-electron chi connectivity index (χ0n) is 17.6. The molecule has 1 aliphatic rings. The summed E-state index contributed by atoms with van der Waals surface area (Å²) in [7, 11) is 1.64. The Balaban J connectivity index is 1.57. The van der Waals surface area contributed by atoms with Crippen molar-refractivity contribution in [3.8, 4) is 16.9 Å². The second kappa shape index (κ2) is 9.04. The van der Waals surface area contributed by atoms with Gasteiger partial charge in [-0.3, -0.25) is 9.59 Å². The Bertz CT molecular complexity index is 1070. The SMILES string of the molecule is COc1ccc(-c2ccccc2C[C@H]2CN(C(=O)c3cc(C)no3)CCNC2=O)cc1. The van der Waals surface area contributed by atoms with Crippen LogP contribution in [-0.2, 0) is 11.2 Å². The Morgan fingerprint density at radius 1 is 1.23 bits per heavy atom. The van der Waals surface area contributed by atoms with E-state index in [1.807, 2.05) is 48.5 Å². The normalized spacial score (nSPS) is 16.5. The molecule has 2 aromatic carbocycles. The third-order valence-corrected chi connectivity index (χ3v) is 5.50. The second-order valence-electron chi connectivity index (χ2n) is 7.66. The summed E-state index contributed by atoms with van der Waals surface area (Å²) < 4.78 is 10.4. The number of nitrogens with one attached hydrogen (secondary N) is 1. The Labute approximate surface area is 181 Å². The van der Waals surface area contributed by atoms with Crippen LogP contribution in [0.25, 0.3) is 11.1 Å². The number of aromatic nitrogens is 1. The summed E-state index contributed by atoms with van der Waals surface area (Å²) >= 11 is 0. The van der Waals surface area contributed by atoms with E-state index in [1.54, 1.807) is 25.0 Å². The summed E-state index contributed by atoms with van der Waals surface area (Å²) in [5.41, 5.74) is 3.82. The molecule has 1 atom stereocenters. The first-order chi connectivity index (χ1) is 15.0. The van der Waals surface area contributed by atoms with E-state index in [0.29, 0.717) is 31.7 Å². The smallest absolute Gasteiger partial charge is 0.292 e. The maximum absolute atomic E-state index is 12.9. The van der Waals surface area contributed by atoms with E-state index < -0.39 is 0 Å². The molecule has 7 heteroatoms. The standard InChI is InChI=1S/C24H25N3O4/c1-16-13-22(31-26-16)24(29)27-12-11-25-23(28)19(15-27)14-18-5-3-4-6-21(18)17-7-9-20(30-2)10-8-17/h3-10,13,19H,11-12,14-15H2,1-2H3,(H,25,28)/t19-/m0/s1. The molecule has 1 aliphatic heterocycles. The predicted molar refractivity (Wildman–Crippen MR) is 116 cm³/mol. The summed E-state index contributed by atoms with van der Waals surface area (Å²) in [5.74, 6) is 0.333. The number of nitrogens with zero attached hydrogens (tertiary/aromatic N) is 2. The molecular formula is C24H25N3O4. The minimum Gasteiger partial charge on any atom is -0.497 e. The van der Waals surface area contributed by atoms with Gasteiger partial charge >= 0.3 is 0 Å². The predicted octanol–water partition coefficient (Wildman–Crippen LogP) is 3.09. The molecular weight excluding hydrogens is 394 g/mol. The van der Waals surface area contributed by atoms with Gasteiger partial charge in [0.15, 0.2) is 0 Å². The monoisotopic (exact) mass is 419 g/mol. The van der Waals surface area contributed by atoms with Crippen molar-refractivity contribution in [2.24, 2.45) is 5.92 Å². The maximum atomic E-state index is 12.9. The first-order valence-corrected chi connectivity index (χ1v) is 10.3. The van der Waals surface area contributed by atoms with Crippen LogP contribution in [0.1, 0.15) is 21.8 Å². The quantitative estimate of drug-likeness (QED) is 0.687. The van der Waals surface area contributed by atoms with E-state index in [9.17, 15) is 9.59 Å². The van der Waals surface area contributed by atoms with E-state index in [-0.39, 0.29) is 23.5 Å². The van der Waals surface area contributed by atoms with Gasteiger partial charge in [-0.05, 0) is 42.2 Å². The highest BCUT2D eigenvalue weighted by atomic mass is 16.5. The van der Waals surface area contributed by atoms with E-state index in [2.05, 4.69) is 10.5 Å². The summed E-state index contributed by atoms with van der Waals surface area (Å²) in [6.45, 7) is 2.93. The minimum atomic E-state index is -0.366. The molecule has 1 N–H and O–H groups in total. The van der Waals surface area contributed by atoms with Crippen molar-refractivity contribution in [3.63, 3.8) is 0 Å². The second-order valence-corrected chi connectivity index (χ2v) is 7.66. The lowest BCUT2D eigenvalue weighted by Gasteiger charge is -2.22. The van der Waals surface area contributed by atoms with Gasteiger partial charge in [-0.1, -0.05) is 41.6 Å². The average molecular weight is 419 g/mol. The molecule has 3 aromatic rings. The molecule has 160 valence electrons. The third kappa shape index (κ3) is 4.60. The highest BCUT2D eigenvalue weighted by Crippen LogP contribution is 2.28. The number of methoxy groups -OCH3 is 1. The number of carbonyl (C=O) groups is 2.